The molecule has 0 bridgehead atoms. The summed E-state index contributed by atoms with van der Waals surface area (Å²) in [6.07, 6.45) is 6.53. The van der Waals surface area contributed by atoms with Crippen molar-refractivity contribution in [3.63, 3.8) is 0 Å². The summed E-state index contributed by atoms with van der Waals surface area (Å²) in [7, 11) is 0. The minimum Gasteiger partial charge on any atom is -0.370 e. The first-order valence-corrected chi connectivity index (χ1v) is 7.73. The minimum atomic E-state index is 0.859. The number of fused-ring (bicyclic) bond motifs is 1. The third-order valence-corrected chi connectivity index (χ3v) is 4.08. The van der Waals surface area contributed by atoms with E-state index in [1.165, 1.54) is 36.1 Å². The number of benzene rings is 1. The molecule has 0 radical (unpaired) electrons. The second-order valence-electron chi connectivity index (χ2n) is 5.50. The van der Waals surface area contributed by atoms with E-state index in [0.717, 1.165) is 30.2 Å². The average Bonchev–Trinajstić information content (AvgIpc) is 2.52. The van der Waals surface area contributed by atoms with E-state index in [1.54, 1.807) is 6.33 Å². The number of aryl methyl sites for hydroxylation is 1. The van der Waals surface area contributed by atoms with Crippen LogP contribution in [0.3, 0.4) is 0 Å². The maximum Gasteiger partial charge on any atom is 0.138 e. The molecule has 2 aromatic rings. The highest BCUT2D eigenvalue weighted by molar-refractivity contribution is 5.67. The molecule has 0 atom stereocenters. The van der Waals surface area contributed by atoms with Crippen molar-refractivity contribution in [3.8, 4) is 0 Å². The van der Waals surface area contributed by atoms with Crippen molar-refractivity contribution in [3.05, 3.63) is 41.2 Å². The summed E-state index contributed by atoms with van der Waals surface area (Å²) in [5.74, 6) is 1.79. The molecule has 110 valence electrons. The van der Waals surface area contributed by atoms with Crippen molar-refractivity contribution < 1.29 is 0 Å². The number of nitrogens with zero attached hydrogens (tertiary/aromatic N) is 2. The van der Waals surface area contributed by atoms with Crippen LogP contribution in [0.15, 0.2) is 24.5 Å². The van der Waals surface area contributed by atoms with Crippen LogP contribution in [0.25, 0.3) is 0 Å². The molecule has 4 nitrogen and oxygen atoms in total. The molecule has 0 unspecified atom stereocenters. The SMILES string of the molecule is CCNc1ncnc(Nc2cccc3c2CCCC3)c1C. The lowest BCUT2D eigenvalue weighted by Crippen LogP contribution is -2.09. The predicted octanol–water partition coefficient (Wildman–Crippen LogP) is 3.84. The van der Waals surface area contributed by atoms with Gasteiger partial charge in [-0.3, -0.25) is 0 Å². The average molecular weight is 282 g/mol. The Morgan fingerprint density at radius 1 is 1.10 bits per heavy atom. The van der Waals surface area contributed by atoms with Crippen LogP contribution in [0.4, 0.5) is 17.3 Å². The molecular weight excluding hydrogens is 260 g/mol. The lowest BCUT2D eigenvalue weighted by atomic mass is 9.90. The number of nitrogens with one attached hydrogen (secondary N) is 2. The van der Waals surface area contributed by atoms with Gasteiger partial charge in [-0.2, -0.15) is 0 Å². The third kappa shape index (κ3) is 2.84. The van der Waals surface area contributed by atoms with Crippen molar-refractivity contribution >= 4 is 17.3 Å². The Kier molecular flexibility index (Phi) is 4.04. The third-order valence-electron chi connectivity index (χ3n) is 4.08. The molecule has 0 fully saturated rings. The lowest BCUT2D eigenvalue weighted by molar-refractivity contribution is 0.687. The number of hydrogen-bond acceptors (Lipinski definition) is 4. The normalized spacial score (nSPS) is 13.6. The zero-order valence-corrected chi connectivity index (χ0v) is 12.7. The fourth-order valence-corrected chi connectivity index (χ4v) is 2.95. The van der Waals surface area contributed by atoms with E-state index in [-0.39, 0.29) is 0 Å². The summed E-state index contributed by atoms with van der Waals surface area (Å²) in [5, 5.41) is 6.78. The largest absolute Gasteiger partial charge is 0.370 e. The highest BCUT2D eigenvalue weighted by atomic mass is 15.1. The van der Waals surface area contributed by atoms with Crippen LogP contribution in [0.1, 0.15) is 36.5 Å². The van der Waals surface area contributed by atoms with E-state index in [9.17, 15) is 0 Å². The van der Waals surface area contributed by atoms with E-state index in [4.69, 9.17) is 0 Å². The van der Waals surface area contributed by atoms with Gasteiger partial charge in [0.15, 0.2) is 0 Å². The molecule has 1 aromatic carbocycles. The molecule has 0 spiro atoms. The van der Waals surface area contributed by atoms with Gasteiger partial charge < -0.3 is 10.6 Å². The Morgan fingerprint density at radius 2 is 1.90 bits per heavy atom. The highest BCUT2D eigenvalue weighted by Crippen LogP contribution is 2.30. The van der Waals surface area contributed by atoms with Gasteiger partial charge in [-0.15, -0.1) is 0 Å². The Balaban J connectivity index is 1.92. The first-order valence-electron chi connectivity index (χ1n) is 7.73. The van der Waals surface area contributed by atoms with Gasteiger partial charge >= 0.3 is 0 Å². The molecule has 0 aliphatic heterocycles. The maximum absolute atomic E-state index is 4.40. The quantitative estimate of drug-likeness (QED) is 0.894. The highest BCUT2D eigenvalue weighted by Gasteiger charge is 2.14. The van der Waals surface area contributed by atoms with Crippen LogP contribution in [0.2, 0.25) is 0 Å². The molecule has 1 aliphatic carbocycles. The second kappa shape index (κ2) is 6.12. The summed E-state index contributed by atoms with van der Waals surface area (Å²) in [4.78, 5) is 8.70. The summed E-state index contributed by atoms with van der Waals surface area (Å²) < 4.78 is 0. The van der Waals surface area contributed by atoms with Crippen LogP contribution in [-0.2, 0) is 12.8 Å². The summed E-state index contributed by atoms with van der Waals surface area (Å²) in [6.45, 7) is 4.98. The van der Waals surface area contributed by atoms with Gasteiger partial charge in [-0.05, 0) is 56.7 Å². The molecule has 3 rings (SSSR count). The van der Waals surface area contributed by atoms with E-state index in [2.05, 4.69) is 52.6 Å². The fraction of sp³-hybridized carbons (Fsp3) is 0.412. The molecule has 1 aromatic heterocycles. The van der Waals surface area contributed by atoms with Gasteiger partial charge in [0.05, 0.1) is 0 Å². The monoisotopic (exact) mass is 282 g/mol. The molecule has 4 heteroatoms. The van der Waals surface area contributed by atoms with Gasteiger partial charge in [0, 0.05) is 17.8 Å². The standard InChI is InChI=1S/C17H22N4/c1-3-18-16-12(2)17(20-11-19-16)21-15-10-6-8-13-7-4-5-9-14(13)15/h6,8,10-11H,3-5,7,9H2,1-2H3,(H2,18,19,20,21). The number of anilines is 3. The Hall–Kier alpha value is -2.10. The topological polar surface area (TPSA) is 49.8 Å². The number of aromatic nitrogens is 2. The molecular formula is C17H22N4. The van der Waals surface area contributed by atoms with Crippen LogP contribution in [0.5, 0.6) is 0 Å². The molecule has 0 amide bonds. The Morgan fingerprint density at radius 3 is 2.76 bits per heavy atom. The van der Waals surface area contributed by atoms with Crippen LogP contribution in [0, 0.1) is 6.92 Å². The zero-order chi connectivity index (χ0) is 14.7. The van der Waals surface area contributed by atoms with Crippen LogP contribution in [-0.4, -0.2) is 16.5 Å². The van der Waals surface area contributed by atoms with Crippen molar-refractivity contribution in [2.45, 2.75) is 39.5 Å². The molecule has 1 aliphatic rings. The van der Waals surface area contributed by atoms with Gasteiger partial charge in [0.25, 0.3) is 0 Å². The predicted molar refractivity (Wildman–Crippen MR) is 87.3 cm³/mol. The minimum absolute atomic E-state index is 0.859. The van der Waals surface area contributed by atoms with Gasteiger partial charge in [-0.1, -0.05) is 12.1 Å². The van der Waals surface area contributed by atoms with Crippen molar-refractivity contribution in [1.29, 1.82) is 0 Å². The van der Waals surface area contributed by atoms with Gasteiger partial charge in [-0.25, -0.2) is 9.97 Å². The van der Waals surface area contributed by atoms with E-state index in [0.29, 0.717) is 0 Å². The van der Waals surface area contributed by atoms with Crippen LogP contribution >= 0.6 is 0 Å². The molecule has 2 N–H and O–H groups in total. The van der Waals surface area contributed by atoms with E-state index < -0.39 is 0 Å². The smallest absolute Gasteiger partial charge is 0.138 e. The molecule has 1 heterocycles. The molecule has 0 saturated heterocycles. The zero-order valence-electron chi connectivity index (χ0n) is 12.7. The van der Waals surface area contributed by atoms with Crippen molar-refractivity contribution in [2.75, 3.05) is 17.2 Å². The van der Waals surface area contributed by atoms with Crippen molar-refractivity contribution in [2.24, 2.45) is 0 Å². The van der Waals surface area contributed by atoms with Gasteiger partial charge in [0.2, 0.25) is 0 Å². The lowest BCUT2D eigenvalue weighted by Gasteiger charge is -2.20. The van der Waals surface area contributed by atoms with E-state index >= 15 is 0 Å². The molecule has 0 saturated carbocycles. The molecule has 21 heavy (non-hydrogen) atoms. The first kappa shape index (κ1) is 13.9. The van der Waals surface area contributed by atoms with E-state index in [1.807, 2.05) is 0 Å². The van der Waals surface area contributed by atoms with Crippen molar-refractivity contribution in [1.82, 2.24) is 9.97 Å². The fourth-order valence-electron chi connectivity index (χ4n) is 2.95. The summed E-state index contributed by atoms with van der Waals surface area (Å²) in [5.41, 5.74) is 5.18. The van der Waals surface area contributed by atoms with Gasteiger partial charge in [0.1, 0.15) is 18.0 Å². The number of rotatable bonds is 4. The summed E-state index contributed by atoms with van der Waals surface area (Å²) >= 11 is 0. The maximum atomic E-state index is 4.40. The van der Waals surface area contributed by atoms with Crippen LogP contribution < -0.4 is 10.6 Å². The Labute approximate surface area is 126 Å². The second-order valence-corrected chi connectivity index (χ2v) is 5.50. The summed E-state index contributed by atoms with van der Waals surface area (Å²) in [6, 6.07) is 6.53. The first-order chi connectivity index (χ1) is 10.3. The Bertz CT molecular complexity index is 637. The number of hydrogen-bond donors (Lipinski definition) is 2.